The molecule has 1 atom stereocenters. The van der Waals surface area contributed by atoms with E-state index >= 15 is 0 Å². The van der Waals surface area contributed by atoms with Crippen molar-refractivity contribution in [1.29, 1.82) is 0 Å². The molecule has 0 fully saturated rings. The highest BCUT2D eigenvalue weighted by Crippen LogP contribution is 2.32. The van der Waals surface area contributed by atoms with Gasteiger partial charge < -0.3 is 10.1 Å². The predicted molar refractivity (Wildman–Crippen MR) is 106 cm³/mol. The molecule has 1 N–H and O–H groups in total. The van der Waals surface area contributed by atoms with Gasteiger partial charge in [0, 0.05) is 10.0 Å². The van der Waals surface area contributed by atoms with Crippen LogP contribution in [-0.4, -0.2) is 22.1 Å². The molecule has 3 aromatic rings. The summed E-state index contributed by atoms with van der Waals surface area (Å²) in [7, 11) is 0. The van der Waals surface area contributed by atoms with E-state index in [9.17, 15) is 14.0 Å². The van der Waals surface area contributed by atoms with Crippen LogP contribution < -0.4 is 15.6 Å². The molecule has 2 aromatic carbocycles. The fourth-order valence-electron chi connectivity index (χ4n) is 3.34. The highest BCUT2D eigenvalue weighted by atomic mass is 79.9. The van der Waals surface area contributed by atoms with E-state index in [4.69, 9.17) is 4.74 Å². The third kappa shape index (κ3) is 3.77. The Morgan fingerprint density at radius 2 is 2.18 bits per heavy atom. The van der Waals surface area contributed by atoms with Gasteiger partial charge in [-0.1, -0.05) is 15.9 Å². The number of hydrogen-bond acceptors (Lipinski definition) is 4. The molecule has 8 heteroatoms. The number of amides is 1. The zero-order valence-electron chi connectivity index (χ0n) is 14.8. The van der Waals surface area contributed by atoms with E-state index in [1.165, 1.54) is 23.0 Å². The average molecular weight is 446 g/mol. The molecule has 4 rings (SSSR count). The largest absolute Gasteiger partial charge is 0.493 e. The number of ether oxygens (including phenoxy) is 1. The van der Waals surface area contributed by atoms with Gasteiger partial charge >= 0.3 is 0 Å². The average Bonchev–Trinajstić information content (AvgIpc) is 2.86. The Balaban J connectivity index is 1.57. The summed E-state index contributed by atoms with van der Waals surface area (Å²) in [5.41, 5.74) is 0.881. The Morgan fingerprint density at radius 3 is 3.04 bits per heavy atom. The van der Waals surface area contributed by atoms with Gasteiger partial charge in [-0.05, 0) is 49.2 Å². The van der Waals surface area contributed by atoms with Crippen molar-refractivity contribution >= 4 is 32.7 Å². The summed E-state index contributed by atoms with van der Waals surface area (Å²) in [5, 5.41) is 3.33. The molecule has 0 spiro atoms. The number of carbonyl (C=O) groups excluding carboxylic acids is 1. The van der Waals surface area contributed by atoms with Crippen molar-refractivity contribution in [2.24, 2.45) is 0 Å². The number of fused-ring (bicyclic) bond motifs is 2. The number of hydrogen-bond donors (Lipinski definition) is 1. The fraction of sp³-hybridized carbons (Fsp3) is 0.250. The number of aromatic nitrogens is 2. The molecule has 1 aliphatic rings. The van der Waals surface area contributed by atoms with Gasteiger partial charge in [-0.15, -0.1) is 0 Å². The van der Waals surface area contributed by atoms with Crippen LogP contribution in [0.25, 0.3) is 10.9 Å². The molecule has 1 aromatic heterocycles. The third-order valence-corrected chi connectivity index (χ3v) is 5.17. The smallest absolute Gasteiger partial charge is 0.261 e. The summed E-state index contributed by atoms with van der Waals surface area (Å²) in [6.07, 6.45) is 2.72. The van der Waals surface area contributed by atoms with Crippen LogP contribution in [0.4, 0.5) is 4.39 Å². The maximum Gasteiger partial charge on any atom is 0.261 e. The molecule has 1 amide bonds. The van der Waals surface area contributed by atoms with Crippen molar-refractivity contribution in [1.82, 2.24) is 14.9 Å². The van der Waals surface area contributed by atoms with Crippen molar-refractivity contribution < 1.29 is 13.9 Å². The number of benzene rings is 2. The molecular weight excluding hydrogens is 429 g/mol. The Morgan fingerprint density at radius 1 is 1.32 bits per heavy atom. The first-order valence-corrected chi connectivity index (χ1v) is 9.67. The van der Waals surface area contributed by atoms with E-state index in [1.807, 2.05) is 0 Å². The minimum Gasteiger partial charge on any atom is -0.493 e. The quantitative estimate of drug-likeness (QED) is 0.670. The molecular formula is C20H17BrFN3O3. The van der Waals surface area contributed by atoms with E-state index in [0.717, 1.165) is 10.9 Å². The second-order valence-corrected chi connectivity index (χ2v) is 7.55. The lowest BCUT2D eigenvalue weighted by Crippen LogP contribution is -2.34. The van der Waals surface area contributed by atoms with Crippen LogP contribution in [0.5, 0.6) is 5.75 Å². The molecule has 0 unspecified atom stereocenters. The summed E-state index contributed by atoms with van der Waals surface area (Å²) in [4.78, 5) is 29.5. The van der Waals surface area contributed by atoms with Crippen LogP contribution in [0.15, 0.2) is 52.0 Å². The molecule has 144 valence electrons. The van der Waals surface area contributed by atoms with E-state index in [0.29, 0.717) is 35.2 Å². The monoisotopic (exact) mass is 445 g/mol. The summed E-state index contributed by atoms with van der Waals surface area (Å²) in [6, 6.07) is 9.14. The van der Waals surface area contributed by atoms with Crippen LogP contribution >= 0.6 is 15.9 Å². The van der Waals surface area contributed by atoms with E-state index in [1.54, 1.807) is 24.3 Å². The van der Waals surface area contributed by atoms with Crippen LogP contribution in [0.2, 0.25) is 0 Å². The Hall–Kier alpha value is -2.74. The van der Waals surface area contributed by atoms with Gasteiger partial charge in [-0.2, -0.15) is 0 Å². The first kappa shape index (κ1) is 18.6. The van der Waals surface area contributed by atoms with Crippen molar-refractivity contribution in [3.05, 3.63) is 68.9 Å². The van der Waals surface area contributed by atoms with Gasteiger partial charge in [-0.3, -0.25) is 14.2 Å². The maximum absolute atomic E-state index is 13.7. The van der Waals surface area contributed by atoms with Crippen LogP contribution in [0.3, 0.4) is 0 Å². The molecule has 1 aliphatic heterocycles. The normalized spacial score (nSPS) is 16.1. The summed E-state index contributed by atoms with van der Waals surface area (Å²) >= 11 is 3.34. The first-order chi connectivity index (χ1) is 13.5. The standard InChI is InChI=1S/C20H17BrFN3O3/c21-12-3-5-16-15(8-12)20(27)25(11-23-16)10-19(26)24-17-2-1-7-28-18-6-4-13(22)9-14(17)18/h3-6,8-9,11,17H,1-2,7,10H2,(H,24,26)/t17-/m1/s1. The van der Waals surface area contributed by atoms with Gasteiger partial charge in [0.05, 0.1) is 29.9 Å². The highest BCUT2D eigenvalue weighted by Gasteiger charge is 2.22. The Kier molecular flexibility index (Phi) is 5.13. The second-order valence-electron chi connectivity index (χ2n) is 6.63. The third-order valence-electron chi connectivity index (χ3n) is 4.68. The predicted octanol–water partition coefficient (Wildman–Crippen LogP) is 3.33. The van der Waals surface area contributed by atoms with Gasteiger partial charge in [0.15, 0.2) is 0 Å². The maximum atomic E-state index is 13.7. The van der Waals surface area contributed by atoms with Crippen LogP contribution in [0.1, 0.15) is 24.4 Å². The lowest BCUT2D eigenvalue weighted by molar-refractivity contribution is -0.122. The second kappa shape index (κ2) is 7.71. The molecule has 0 saturated heterocycles. The number of halogens is 2. The van der Waals surface area contributed by atoms with Crippen molar-refractivity contribution in [3.63, 3.8) is 0 Å². The number of carbonyl (C=O) groups is 1. The summed E-state index contributed by atoms with van der Waals surface area (Å²) in [6.45, 7) is 0.338. The number of rotatable bonds is 3. The molecule has 0 bridgehead atoms. The van der Waals surface area contributed by atoms with Crippen molar-refractivity contribution in [2.75, 3.05) is 6.61 Å². The molecule has 0 aliphatic carbocycles. The van der Waals surface area contributed by atoms with Crippen molar-refractivity contribution in [2.45, 2.75) is 25.4 Å². The molecule has 0 radical (unpaired) electrons. The van der Waals surface area contributed by atoms with Crippen molar-refractivity contribution in [3.8, 4) is 5.75 Å². The Bertz CT molecular complexity index is 1120. The lowest BCUT2D eigenvalue weighted by atomic mass is 10.0. The van der Waals surface area contributed by atoms with E-state index < -0.39 is 0 Å². The minimum absolute atomic E-state index is 0.170. The zero-order chi connectivity index (χ0) is 19.7. The molecule has 0 saturated carbocycles. The van der Waals surface area contributed by atoms with Gasteiger partial charge in [-0.25, -0.2) is 9.37 Å². The highest BCUT2D eigenvalue weighted by molar-refractivity contribution is 9.10. The zero-order valence-corrected chi connectivity index (χ0v) is 16.4. The Labute approximate surface area is 168 Å². The summed E-state index contributed by atoms with van der Waals surface area (Å²) < 4.78 is 21.3. The van der Waals surface area contributed by atoms with Crippen LogP contribution in [0, 0.1) is 5.82 Å². The van der Waals surface area contributed by atoms with Gasteiger partial charge in [0.2, 0.25) is 5.91 Å². The fourth-order valence-corrected chi connectivity index (χ4v) is 3.70. The van der Waals surface area contributed by atoms with Gasteiger partial charge in [0.25, 0.3) is 5.56 Å². The topological polar surface area (TPSA) is 73.2 Å². The number of nitrogens with zero attached hydrogens (tertiary/aromatic N) is 2. The van der Waals surface area contributed by atoms with Crippen LogP contribution in [-0.2, 0) is 11.3 Å². The molecule has 2 heterocycles. The van der Waals surface area contributed by atoms with E-state index in [2.05, 4.69) is 26.2 Å². The van der Waals surface area contributed by atoms with E-state index in [-0.39, 0.29) is 29.9 Å². The first-order valence-electron chi connectivity index (χ1n) is 8.87. The van der Waals surface area contributed by atoms with Gasteiger partial charge in [0.1, 0.15) is 18.1 Å². The SMILES string of the molecule is O=C(Cn1cnc2ccc(Br)cc2c1=O)N[C@@H]1CCCOc2ccc(F)cc21. The minimum atomic E-state index is -0.385. The number of nitrogens with one attached hydrogen (secondary N) is 1. The molecule has 28 heavy (non-hydrogen) atoms. The lowest BCUT2D eigenvalue weighted by Gasteiger charge is -2.19. The molecule has 6 nitrogen and oxygen atoms in total. The summed E-state index contributed by atoms with van der Waals surface area (Å²) in [5.74, 6) is -0.164.